The molecule has 1 atom stereocenters. The van der Waals surface area contributed by atoms with Gasteiger partial charge in [-0.25, -0.2) is 0 Å². The fraction of sp³-hybridized carbons (Fsp3) is 0.263. The van der Waals surface area contributed by atoms with Gasteiger partial charge in [-0.15, -0.1) is 11.8 Å². The zero-order valence-electron chi connectivity index (χ0n) is 14.2. The molecule has 3 rings (SSSR count). The topological polar surface area (TPSA) is 49.4 Å². The first-order valence-electron chi connectivity index (χ1n) is 8.21. The molecule has 0 aromatic heterocycles. The number of hydrogen-bond acceptors (Lipinski definition) is 3. The number of halogens is 2. The highest BCUT2D eigenvalue weighted by Gasteiger charge is 2.34. The van der Waals surface area contributed by atoms with E-state index in [2.05, 4.69) is 5.32 Å². The number of hydrogen-bond donors (Lipinski definition) is 1. The van der Waals surface area contributed by atoms with E-state index in [9.17, 15) is 9.59 Å². The van der Waals surface area contributed by atoms with Gasteiger partial charge in [-0.1, -0.05) is 35.3 Å². The van der Waals surface area contributed by atoms with E-state index in [-0.39, 0.29) is 11.8 Å². The molecule has 2 aromatic rings. The van der Waals surface area contributed by atoms with Crippen LogP contribution in [-0.4, -0.2) is 35.6 Å². The van der Waals surface area contributed by atoms with Crippen LogP contribution >= 0.6 is 35.0 Å². The Morgan fingerprint density at radius 3 is 2.65 bits per heavy atom. The molecule has 1 heterocycles. The summed E-state index contributed by atoms with van der Waals surface area (Å²) in [5.74, 6) is -0.378. The quantitative estimate of drug-likeness (QED) is 0.727. The third kappa shape index (κ3) is 4.00. The van der Waals surface area contributed by atoms with E-state index in [1.807, 2.05) is 30.5 Å². The summed E-state index contributed by atoms with van der Waals surface area (Å²) in [4.78, 5) is 28.2. The van der Waals surface area contributed by atoms with Gasteiger partial charge < -0.3 is 10.2 Å². The van der Waals surface area contributed by atoms with Crippen LogP contribution in [0.2, 0.25) is 10.0 Å². The van der Waals surface area contributed by atoms with Crippen molar-refractivity contribution in [1.29, 1.82) is 0 Å². The van der Waals surface area contributed by atoms with Gasteiger partial charge in [-0.05, 0) is 49.4 Å². The molecule has 1 aliphatic rings. The van der Waals surface area contributed by atoms with Crippen molar-refractivity contribution >= 4 is 52.5 Å². The van der Waals surface area contributed by atoms with Crippen LogP contribution in [0.25, 0.3) is 0 Å². The molecule has 26 heavy (non-hydrogen) atoms. The number of carbonyl (C=O) groups excluding carboxylic acids is 2. The van der Waals surface area contributed by atoms with Crippen molar-refractivity contribution in [2.75, 3.05) is 18.1 Å². The van der Waals surface area contributed by atoms with Crippen LogP contribution in [0, 0.1) is 0 Å². The first-order chi connectivity index (χ1) is 12.5. The van der Waals surface area contributed by atoms with E-state index in [1.165, 1.54) is 0 Å². The molecular weight excluding hydrogens is 391 g/mol. The molecule has 2 aromatic carbocycles. The Morgan fingerprint density at radius 1 is 1.15 bits per heavy atom. The molecule has 1 saturated heterocycles. The van der Waals surface area contributed by atoms with Crippen LogP contribution in [0.4, 0.5) is 5.69 Å². The molecule has 0 saturated carbocycles. The van der Waals surface area contributed by atoms with Gasteiger partial charge in [-0.3, -0.25) is 9.59 Å². The van der Waals surface area contributed by atoms with Crippen molar-refractivity contribution < 1.29 is 9.59 Å². The molecule has 2 amide bonds. The summed E-state index contributed by atoms with van der Waals surface area (Å²) in [7, 11) is 0. The van der Waals surface area contributed by atoms with Crippen LogP contribution in [0.5, 0.6) is 0 Å². The number of anilines is 1. The van der Waals surface area contributed by atoms with Gasteiger partial charge in [0.05, 0.1) is 15.7 Å². The molecule has 0 spiro atoms. The highest BCUT2D eigenvalue weighted by Crippen LogP contribution is 2.28. The smallest absolute Gasteiger partial charge is 0.254 e. The maximum atomic E-state index is 12.8. The monoisotopic (exact) mass is 408 g/mol. The third-order valence-corrected chi connectivity index (χ3v) is 5.88. The third-order valence-electron chi connectivity index (χ3n) is 4.35. The fourth-order valence-electron chi connectivity index (χ4n) is 3.04. The van der Waals surface area contributed by atoms with E-state index >= 15 is 0 Å². The molecule has 1 N–H and O–H groups in total. The number of likely N-dealkylation sites (tertiary alicyclic amines) is 1. The van der Waals surface area contributed by atoms with Crippen LogP contribution in [0.3, 0.4) is 0 Å². The van der Waals surface area contributed by atoms with Gasteiger partial charge in [0.25, 0.3) is 5.91 Å². The molecule has 1 unspecified atom stereocenters. The Bertz CT molecular complexity index is 844. The summed E-state index contributed by atoms with van der Waals surface area (Å²) in [6, 6.07) is 11.9. The van der Waals surface area contributed by atoms with Crippen molar-refractivity contribution in [1.82, 2.24) is 4.90 Å². The number of carbonyl (C=O) groups is 2. The highest BCUT2D eigenvalue weighted by atomic mass is 35.5. The lowest BCUT2D eigenvalue weighted by Gasteiger charge is -2.24. The summed E-state index contributed by atoms with van der Waals surface area (Å²) in [5, 5.41) is 3.68. The van der Waals surface area contributed by atoms with Gasteiger partial charge in [0, 0.05) is 17.0 Å². The van der Waals surface area contributed by atoms with Crippen LogP contribution in [0.1, 0.15) is 23.2 Å². The van der Waals surface area contributed by atoms with E-state index < -0.39 is 6.04 Å². The minimum atomic E-state index is -0.494. The number of nitrogens with one attached hydrogen (secondary N) is 1. The van der Waals surface area contributed by atoms with Gasteiger partial charge in [0.15, 0.2) is 0 Å². The average Bonchev–Trinajstić information content (AvgIpc) is 3.13. The van der Waals surface area contributed by atoms with Gasteiger partial charge in [0.2, 0.25) is 5.91 Å². The summed E-state index contributed by atoms with van der Waals surface area (Å²) < 4.78 is 0. The molecule has 136 valence electrons. The second-order valence-electron chi connectivity index (χ2n) is 5.97. The molecular formula is C19H18Cl2N2O2S. The number of para-hydroxylation sites is 1. The Kier molecular flexibility index (Phi) is 6.12. The first-order valence-corrected chi connectivity index (χ1v) is 10.2. The van der Waals surface area contributed by atoms with Crippen molar-refractivity contribution in [3.8, 4) is 0 Å². The Balaban J connectivity index is 1.77. The van der Waals surface area contributed by atoms with Crippen LogP contribution < -0.4 is 5.32 Å². The number of thioether (sulfide) groups is 1. The summed E-state index contributed by atoms with van der Waals surface area (Å²) >= 11 is 13.5. The zero-order chi connectivity index (χ0) is 18.7. The number of benzene rings is 2. The SMILES string of the molecule is CSc1ccccc1NC(=O)C1CCCN1C(=O)c1ccc(Cl)c(Cl)c1. The van der Waals surface area contributed by atoms with E-state index in [4.69, 9.17) is 23.2 Å². The fourth-order valence-corrected chi connectivity index (χ4v) is 3.89. The molecule has 4 nitrogen and oxygen atoms in total. The van der Waals surface area contributed by atoms with Gasteiger partial charge >= 0.3 is 0 Å². The first kappa shape index (κ1) is 19.1. The summed E-state index contributed by atoms with van der Waals surface area (Å²) in [5.41, 5.74) is 1.20. The Labute approximate surface area is 166 Å². The molecule has 1 fully saturated rings. The molecule has 1 aliphatic heterocycles. The summed E-state index contributed by atoms with van der Waals surface area (Å²) in [6.45, 7) is 0.543. The number of rotatable bonds is 4. The predicted octanol–water partition coefficient (Wildman–Crippen LogP) is 4.96. The van der Waals surface area contributed by atoms with Crippen molar-refractivity contribution in [3.63, 3.8) is 0 Å². The maximum absolute atomic E-state index is 12.8. The predicted molar refractivity (Wildman–Crippen MR) is 107 cm³/mol. The van der Waals surface area contributed by atoms with E-state index in [0.717, 1.165) is 17.0 Å². The van der Waals surface area contributed by atoms with Crippen LogP contribution in [-0.2, 0) is 4.79 Å². The average molecular weight is 409 g/mol. The number of amides is 2. The van der Waals surface area contributed by atoms with Crippen LogP contribution in [0.15, 0.2) is 47.4 Å². The Hall–Kier alpha value is -1.69. The van der Waals surface area contributed by atoms with Gasteiger partial charge in [-0.2, -0.15) is 0 Å². The van der Waals surface area contributed by atoms with Crippen molar-refractivity contribution in [2.24, 2.45) is 0 Å². The second kappa shape index (κ2) is 8.33. The van der Waals surface area contributed by atoms with E-state index in [0.29, 0.717) is 28.6 Å². The molecule has 7 heteroatoms. The van der Waals surface area contributed by atoms with Crippen molar-refractivity contribution in [3.05, 3.63) is 58.1 Å². The van der Waals surface area contributed by atoms with E-state index in [1.54, 1.807) is 34.9 Å². The number of nitrogens with zero attached hydrogens (tertiary/aromatic N) is 1. The minimum absolute atomic E-state index is 0.169. The summed E-state index contributed by atoms with van der Waals surface area (Å²) in [6.07, 6.45) is 3.39. The second-order valence-corrected chi connectivity index (χ2v) is 7.64. The lowest BCUT2D eigenvalue weighted by molar-refractivity contribution is -0.119. The molecule has 0 aliphatic carbocycles. The lowest BCUT2D eigenvalue weighted by Crippen LogP contribution is -2.43. The normalized spacial score (nSPS) is 16.6. The standard InChI is InChI=1S/C19H18Cl2N2O2S/c1-26-17-7-3-2-5-15(17)22-18(24)16-6-4-10-23(16)19(25)12-8-9-13(20)14(21)11-12/h2-3,5,7-9,11,16H,4,6,10H2,1H3,(H,22,24). The highest BCUT2D eigenvalue weighted by molar-refractivity contribution is 7.98. The minimum Gasteiger partial charge on any atom is -0.327 e. The van der Waals surface area contributed by atoms with Crippen molar-refractivity contribution in [2.45, 2.75) is 23.8 Å². The Morgan fingerprint density at radius 2 is 1.92 bits per heavy atom. The largest absolute Gasteiger partial charge is 0.327 e. The lowest BCUT2D eigenvalue weighted by atomic mass is 10.1. The zero-order valence-corrected chi connectivity index (χ0v) is 16.5. The molecule has 0 radical (unpaired) electrons. The molecule has 0 bridgehead atoms. The maximum Gasteiger partial charge on any atom is 0.254 e. The van der Waals surface area contributed by atoms with Gasteiger partial charge in [0.1, 0.15) is 6.04 Å².